The first kappa shape index (κ1) is 13.6. The molecule has 0 atom stereocenters. The van der Waals surface area contributed by atoms with Crippen molar-refractivity contribution in [2.45, 2.75) is 6.18 Å². The van der Waals surface area contributed by atoms with E-state index in [0.29, 0.717) is 0 Å². The predicted octanol–water partition coefficient (Wildman–Crippen LogP) is 3.59. The molecule has 0 aliphatic carbocycles. The topological polar surface area (TPSA) is 56.7 Å². The van der Waals surface area contributed by atoms with Crippen molar-refractivity contribution in [1.29, 1.82) is 0 Å². The molecule has 0 radical (unpaired) electrons. The van der Waals surface area contributed by atoms with E-state index in [-0.39, 0.29) is 22.4 Å². The van der Waals surface area contributed by atoms with Gasteiger partial charge < -0.3 is 4.42 Å². The molecule has 0 unspecified atom stereocenters. The fourth-order valence-electron chi connectivity index (χ4n) is 1.64. The average molecular weight is 315 g/mol. The third-order valence-electron chi connectivity index (χ3n) is 2.53. The van der Waals surface area contributed by atoms with Crippen molar-refractivity contribution < 1.29 is 17.6 Å². The molecular formula is C12H6ClF3N4O. The molecule has 0 bridgehead atoms. The molecule has 3 aromatic heterocycles. The zero-order valence-electron chi connectivity index (χ0n) is 10.2. The van der Waals surface area contributed by atoms with Crippen LogP contribution in [0.4, 0.5) is 13.2 Å². The Kier molecular flexibility index (Phi) is 3.17. The highest BCUT2D eigenvalue weighted by atomic mass is 35.5. The third kappa shape index (κ3) is 2.75. The maximum atomic E-state index is 12.9. The Labute approximate surface area is 121 Å². The third-order valence-corrected chi connectivity index (χ3v) is 2.73. The van der Waals surface area contributed by atoms with E-state index in [0.717, 1.165) is 10.7 Å². The minimum Gasteiger partial charge on any atom is -0.463 e. The number of alkyl halides is 3. The smallest absolute Gasteiger partial charge is 0.433 e. The first-order valence-electron chi connectivity index (χ1n) is 5.64. The molecule has 3 aromatic rings. The highest BCUT2D eigenvalue weighted by molar-refractivity contribution is 6.30. The van der Waals surface area contributed by atoms with E-state index in [1.54, 1.807) is 6.07 Å². The summed E-state index contributed by atoms with van der Waals surface area (Å²) in [5.41, 5.74) is -1.09. The van der Waals surface area contributed by atoms with Gasteiger partial charge in [-0.1, -0.05) is 11.6 Å². The van der Waals surface area contributed by atoms with Gasteiger partial charge in [0.1, 0.15) is 5.69 Å². The molecule has 3 heterocycles. The Balaban J connectivity index is 2.18. The van der Waals surface area contributed by atoms with Gasteiger partial charge in [-0.2, -0.15) is 18.3 Å². The normalized spacial score (nSPS) is 11.8. The summed E-state index contributed by atoms with van der Waals surface area (Å²) >= 11 is 5.70. The number of halogens is 4. The summed E-state index contributed by atoms with van der Waals surface area (Å²) in [5.74, 6) is -0.0504. The van der Waals surface area contributed by atoms with E-state index in [4.69, 9.17) is 16.0 Å². The highest BCUT2D eigenvalue weighted by Crippen LogP contribution is 2.31. The van der Waals surface area contributed by atoms with Crippen LogP contribution in [0.5, 0.6) is 0 Å². The summed E-state index contributed by atoms with van der Waals surface area (Å²) in [6.07, 6.45) is -0.689. The number of hydrogen-bond acceptors (Lipinski definition) is 4. The van der Waals surface area contributed by atoms with Gasteiger partial charge in [0.25, 0.3) is 5.95 Å². The second-order valence-corrected chi connectivity index (χ2v) is 4.45. The van der Waals surface area contributed by atoms with Gasteiger partial charge in [-0.25, -0.2) is 14.6 Å². The Hall–Kier alpha value is -2.35. The van der Waals surface area contributed by atoms with Crippen LogP contribution in [-0.4, -0.2) is 19.7 Å². The van der Waals surface area contributed by atoms with Crippen LogP contribution in [0.1, 0.15) is 5.69 Å². The molecule has 0 aliphatic rings. The van der Waals surface area contributed by atoms with E-state index in [1.807, 2.05) is 0 Å². The molecule has 108 valence electrons. The zero-order chi connectivity index (χ0) is 15.0. The van der Waals surface area contributed by atoms with Gasteiger partial charge in [0, 0.05) is 0 Å². The van der Waals surface area contributed by atoms with Crippen LogP contribution in [0.25, 0.3) is 17.4 Å². The summed E-state index contributed by atoms with van der Waals surface area (Å²) < 4.78 is 44.9. The monoisotopic (exact) mass is 314 g/mol. The molecule has 0 aromatic carbocycles. The summed E-state index contributed by atoms with van der Waals surface area (Å²) in [6, 6.07) is 3.87. The standard InChI is InChI=1S/C12H6ClF3N4O/c13-7-5-17-20(6-7)11-18-8(9-2-1-3-21-9)4-10(19-11)12(14,15)16/h1-6H. The maximum Gasteiger partial charge on any atom is 0.433 e. The maximum absolute atomic E-state index is 12.9. The van der Waals surface area contributed by atoms with E-state index < -0.39 is 11.9 Å². The highest BCUT2D eigenvalue weighted by Gasteiger charge is 2.34. The number of rotatable bonds is 2. The van der Waals surface area contributed by atoms with Crippen molar-refractivity contribution in [3.8, 4) is 17.4 Å². The van der Waals surface area contributed by atoms with Crippen LogP contribution in [0.3, 0.4) is 0 Å². The van der Waals surface area contributed by atoms with E-state index in [9.17, 15) is 13.2 Å². The van der Waals surface area contributed by atoms with Crippen molar-refractivity contribution >= 4 is 11.6 Å². The SMILES string of the molecule is FC(F)(F)c1cc(-c2ccco2)nc(-n2cc(Cl)cn2)n1. The summed E-state index contributed by atoms with van der Waals surface area (Å²) in [4.78, 5) is 7.47. The molecule has 0 aliphatic heterocycles. The molecule has 5 nitrogen and oxygen atoms in total. The minimum atomic E-state index is -4.62. The molecule has 0 saturated carbocycles. The van der Waals surface area contributed by atoms with Crippen molar-refractivity contribution in [2.75, 3.05) is 0 Å². The Morgan fingerprint density at radius 2 is 2.05 bits per heavy atom. The van der Waals surface area contributed by atoms with Gasteiger partial charge in [-0.3, -0.25) is 0 Å². The van der Waals surface area contributed by atoms with Gasteiger partial charge >= 0.3 is 6.18 Å². The molecule has 3 rings (SSSR count). The fourth-order valence-corrected chi connectivity index (χ4v) is 1.78. The lowest BCUT2D eigenvalue weighted by Crippen LogP contribution is -2.13. The number of aromatic nitrogens is 4. The van der Waals surface area contributed by atoms with Crippen LogP contribution >= 0.6 is 11.6 Å². The van der Waals surface area contributed by atoms with Gasteiger partial charge in [-0.15, -0.1) is 0 Å². The molecule has 9 heteroatoms. The van der Waals surface area contributed by atoms with E-state index in [2.05, 4.69) is 15.1 Å². The van der Waals surface area contributed by atoms with Crippen molar-refractivity contribution in [2.24, 2.45) is 0 Å². The molecule has 0 amide bonds. The lowest BCUT2D eigenvalue weighted by Gasteiger charge is -2.09. The molecule has 21 heavy (non-hydrogen) atoms. The molecule has 0 fully saturated rings. The van der Waals surface area contributed by atoms with Crippen molar-refractivity contribution in [1.82, 2.24) is 19.7 Å². The lowest BCUT2D eigenvalue weighted by molar-refractivity contribution is -0.141. The molecule has 0 N–H and O–H groups in total. The minimum absolute atomic E-state index is 0.00366. The van der Waals surface area contributed by atoms with Crippen molar-refractivity contribution in [3.05, 3.63) is 47.6 Å². The first-order valence-corrected chi connectivity index (χ1v) is 6.02. The predicted molar refractivity (Wildman–Crippen MR) is 66.9 cm³/mol. The Morgan fingerprint density at radius 3 is 2.62 bits per heavy atom. The van der Waals surface area contributed by atoms with E-state index in [1.165, 1.54) is 24.7 Å². The Morgan fingerprint density at radius 1 is 1.24 bits per heavy atom. The fraction of sp³-hybridized carbons (Fsp3) is 0.0833. The average Bonchev–Trinajstić information content (AvgIpc) is 3.08. The molecule has 0 saturated heterocycles. The van der Waals surface area contributed by atoms with Crippen molar-refractivity contribution in [3.63, 3.8) is 0 Å². The van der Waals surface area contributed by atoms with Crippen LogP contribution in [0.2, 0.25) is 5.02 Å². The zero-order valence-corrected chi connectivity index (χ0v) is 10.9. The second kappa shape index (κ2) is 4.88. The van der Waals surface area contributed by atoms with Gasteiger partial charge in [0.15, 0.2) is 11.5 Å². The van der Waals surface area contributed by atoms with Crippen LogP contribution in [0, 0.1) is 0 Å². The molecular weight excluding hydrogens is 309 g/mol. The van der Waals surface area contributed by atoms with Crippen LogP contribution in [-0.2, 0) is 6.18 Å². The number of nitrogens with zero attached hydrogens (tertiary/aromatic N) is 4. The van der Waals surface area contributed by atoms with Crippen LogP contribution in [0.15, 0.2) is 41.3 Å². The van der Waals surface area contributed by atoms with Crippen LogP contribution < -0.4 is 0 Å². The second-order valence-electron chi connectivity index (χ2n) is 4.02. The first-order chi connectivity index (χ1) is 9.93. The largest absolute Gasteiger partial charge is 0.463 e. The Bertz CT molecular complexity index is 767. The summed E-state index contributed by atoms with van der Waals surface area (Å²) in [7, 11) is 0. The van der Waals surface area contributed by atoms with E-state index >= 15 is 0 Å². The quantitative estimate of drug-likeness (QED) is 0.725. The number of hydrogen-bond donors (Lipinski definition) is 0. The lowest BCUT2D eigenvalue weighted by atomic mass is 10.2. The summed E-state index contributed by atoms with van der Waals surface area (Å²) in [5, 5.41) is 4.05. The van der Waals surface area contributed by atoms with Gasteiger partial charge in [0.05, 0.1) is 23.7 Å². The molecule has 0 spiro atoms. The summed E-state index contributed by atoms with van der Waals surface area (Å²) in [6.45, 7) is 0. The number of furan rings is 1. The van der Waals surface area contributed by atoms with Gasteiger partial charge in [-0.05, 0) is 18.2 Å². The van der Waals surface area contributed by atoms with Gasteiger partial charge in [0.2, 0.25) is 0 Å².